The second-order valence-corrected chi connectivity index (χ2v) is 7.85. The Morgan fingerprint density at radius 2 is 1.59 bits per heavy atom. The van der Waals surface area contributed by atoms with Gasteiger partial charge in [-0.2, -0.15) is 0 Å². The Morgan fingerprint density at radius 1 is 0.931 bits per heavy atom. The zero-order chi connectivity index (χ0) is 20.6. The summed E-state index contributed by atoms with van der Waals surface area (Å²) in [5.74, 6) is -0.963. The summed E-state index contributed by atoms with van der Waals surface area (Å²) in [5.41, 5.74) is 1.000. The van der Waals surface area contributed by atoms with E-state index in [-0.39, 0.29) is 16.8 Å². The molecular formula is C23H23F2N3O. The second kappa shape index (κ2) is 7.43. The molecule has 0 saturated carbocycles. The van der Waals surface area contributed by atoms with Crippen LogP contribution < -0.4 is 4.90 Å². The number of piperazine rings is 1. The fourth-order valence-corrected chi connectivity index (χ4v) is 3.96. The van der Waals surface area contributed by atoms with E-state index in [1.54, 1.807) is 6.07 Å². The summed E-state index contributed by atoms with van der Waals surface area (Å²) in [4.78, 5) is 21.0. The van der Waals surface area contributed by atoms with E-state index in [2.05, 4.69) is 4.98 Å². The molecule has 0 bridgehead atoms. The molecule has 3 aromatic rings. The molecule has 0 radical (unpaired) electrons. The van der Waals surface area contributed by atoms with Gasteiger partial charge in [0.05, 0.1) is 16.5 Å². The van der Waals surface area contributed by atoms with Crippen molar-refractivity contribution in [3.8, 4) is 0 Å². The fraction of sp³-hybridized carbons (Fsp3) is 0.304. The second-order valence-electron chi connectivity index (χ2n) is 7.85. The highest BCUT2D eigenvalue weighted by Gasteiger charge is 2.35. The molecule has 1 saturated heterocycles. The number of hydrogen-bond acceptors (Lipinski definition) is 3. The molecule has 1 fully saturated rings. The van der Waals surface area contributed by atoms with E-state index in [9.17, 15) is 13.6 Å². The molecular weight excluding hydrogens is 372 g/mol. The van der Waals surface area contributed by atoms with Gasteiger partial charge >= 0.3 is 0 Å². The number of hydrogen-bond donors (Lipinski definition) is 0. The summed E-state index contributed by atoms with van der Waals surface area (Å²) < 4.78 is 28.5. The van der Waals surface area contributed by atoms with E-state index in [4.69, 9.17) is 0 Å². The molecule has 1 aliphatic heterocycles. The lowest BCUT2D eigenvalue weighted by Gasteiger charge is -2.40. The van der Waals surface area contributed by atoms with Crippen LogP contribution in [0.5, 0.6) is 0 Å². The molecule has 1 amide bonds. The highest BCUT2D eigenvalue weighted by Crippen LogP contribution is 2.31. The van der Waals surface area contributed by atoms with Gasteiger partial charge in [0, 0.05) is 32.4 Å². The number of amides is 1. The van der Waals surface area contributed by atoms with Crippen LogP contribution >= 0.6 is 0 Å². The van der Waals surface area contributed by atoms with E-state index in [0.29, 0.717) is 31.9 Å². The molecule has 2 heterocycles. The van der Waals surface area contributed by atoms with Crippen molar-refractivity contribution < 1.29 is 13.6 Å². The van der Waals surface area contributed by atoms with Crippen LogP contribution in [-0.2, 0) is 10.2 Å². The average Bonchev–Trinajstić information content (AvgIpc) is 2.76. The first kappa shape index (κ1) is 19.3. The molecule has 4 nitrogen and oxygen atoms in total. The number of carbonyl (C=O) groups excluding carboxylic acids is 1. The Balaban J connectivity index is 1.54. The third-order valence-corrected chi connectivity index (χ3v) is 5.71. The molecule has 2 aromatic carbocycles. The first-order chi connectivity index (χ1) is 13.9. The van der Waals surface area contributed by atoms with Crippen molar-refractivity contribution in [1.82, 2.24) is 9.88 Å². The fourth-order valence-electron chi connectivity index (χ4n) is 3.96. The van der Waals surface area contributed by atoms with Gasteiger partial charge in [-0.15, -0.1) is 0 Å². The molecule has 150 valence electrons. The van der Waals surface area contributed by atoms with Crippen molar-refractivity contribution >= 4 is 22.5 Å². The summed E-state index contributed by atoms with van der Waals surface area (Å²) in [6.07, 6.45) is 1.50. The highest BCUT2D eigenvalue weighted by atomic mass is 19.1. The Morgan fingerprint density at radius 3 is 2.28 bits per heavy atom. The monoisotopic (exact) mass is 395 g/mol. The number of pyridine rings is 1. The number of benzene rings is 2. The van der Waals surface area contributed by atoms with Crippen molar-refractivity contribution in [3.05, 3.63) is 71.9 Å². The molecule has 0 atom stereocenters. The van der Waals surface area contributed by atoms with Crippen molar-refractivity contribution in [2.45, 2.75) is 19.3 Å². The molecule has 6 heteroatoms. The maximum Gasteiger partial charge on any atom is 0.232 e. The first-order valence-corrected chi connectivity index (χ1v) is 9.72. The zero-order valence-corrected chi connectivity index (χ0v) is 16.5. The molecule has 1 aromatic heterocycles. The van der Waals surface area contributed by atoms with Gasteiger partial charge in [-0.05, 0) is 37.6 Å². The van der Waals surface area contributed by atoms with Crippen LogP contribution in [0.3, 0.4) is 0 Å². The molecule has 29 heavy (non-hydrogen) atoms. The molecule has 0 N–H and O–H groups in total. The van der Waals surface area contributed by atoms with Crippen molar-refractivity contribution in [1.29, 1.82) is 0 Å². The van der Waals surface area contributed by atoms with E-state index in [1.165, 1.54) is 6.20 Å². The normalized spacial score (nSPS) is 15.0. The van der Waals surface area contributed by atoms with Crippen LogP contribution in [-0.4, -0.2) is 42.0 Å². The minimum Gasteiger partial charge on any atom is -0.367 e. The van der Waals surface area contributed by atoms with Gasteiger partial charge in [0.1, 0.15) is 17.2 Å². The minimum absolute atomic E-state index is 0.0335. The van der Waals surface area contributed by atoms with E-state index in [0.717, 1.165) is 17.7 Å². The van der Waals surface area contributed by atoms with Crippen molar-refractivity contribution in [2.24, 2.45) is 0 Å². The molecule has 4 rings (SSSR count). The molecule has 0 spiro atoms. The van der Waals surface area contributed by atoms with Gasteiger partial charge < -0.3 is 9.80 Å². The van der Waals surface area contributed by atoms with Crippen LogP contribution in [0.4, 0.5) is 14.5 Å². The molecule has 1 aliphatic rings. The summed E-state index contributed by atoms with van der Waals surface area (Å²) in [7, 11) is 0. The summed E-state index contributed by atoms with van der Waals surface area (Å²) in [6.45, 7) is 6.01. The predicted molar refractivity (Wildman–Crippen MR) is 110 cm³/mol. The van der Waals surface area contributed by atoms with Crippen LogP contribution in [0.2, 0.25) is 0 Å². The van der Waals surface area contributed by atoms with Gasteiger partial charge in [-0.1, -0.05) is 30.3 Å². The Hall–Kier alpha value is -3.02. The summed E-state index contributed by atoms with van der Waals surface area (Å²) in [5, 5.41) is 0.192. The quantitative estimate of drug-likeness (QED) is 0.669. The Bertz CT molecular complexity index is 1040. The number of fused-ring (bicyclic) bond motifs is 1. The van der Waals surface area contributed by atoms with Gasteiger partial charge in [-0.3, -0.25) is 9.78 Å². The van der Waals surface area contributed by atoms with Crippen LogP contribution in [0.25, 0.3) is 10.9 Å². The maximum atomic E-state index is 14.4. The summed E-state index contributed by atoms with van der Waals surface area (Å²) >= 11 is 0. The zero-order valence-electron chi connectivity index (χ0n) is 16.5. The number of aromatic nitrogens is 1. The third kappa shape index (κ3) is 3.43. The highest BCUT2D eigenvalue weighted by molar-refractivity contribution is 5.93. The minimum atomic E-state index is -0.623. The number of halogens is 2. The lowest BCUT2D eigenvalue weighted by Crippen LogP contribution is -2.53. The topological polar surface area (TPSA) is 36.4 Å². The lowest BCUT2D eigenvalue weighted by molar-refractivity contribution is -0.136. The maximum absolute atomic E-state index is 14.4. The molecule has 0 unspecified atom stereocenters. The standard InChI is InChI=1S/C23H23F2N3O/c1-23(2,16-6-4-3-5-7-16)22(29)28-14-12-27(13-15-28)19-10-11-26-21-18(25)9-8-17(24)20(19)21/h3-11H,12-15H2,1-2H3. The van der Waals surface area contributed by atoms with E-state index >= 15 is 0 Å². The number of rotatable bonds is 3. The first-order valence-electron chi connectivity index (χ1n) is 9.72. The third-order valence-electron chi connectivity index (χ3n) is 5.71. The number of nitrogens with zero attached hydrogens (tertiary/aromatic N) is 3. The molecule has 0 aliphatic carbocycles. The number of carbonyl (C=O) groups is 1. The number of anilines is 1. The van der Waals surface area contributed by atoms with Crippen LogP contribution in [0.1, 0.15) is 19.4 Å². The van der Waals surface area contributed by atoms with Crippen molar-refractivity contribution in [3.63, 3.8) is 0 Å². The largest absolute Gasteiger partial charge is 0.367 e. The SMILES string of the molecule is CC(C)(C(=O)N1CCN(c2ccnc3c(F)ccc(F)c23)CC1)c1ccccc1. The smallest absolute Gasteiger partial charge is 0.232 e. The lowest BCUT2D eigenvalue weighted by atomic mass is 9.83. The Kier molecular flexibility index (Phi) is 4.94. The van der Waals surface area contributed by atoms with Crippen LogP contribution in [0.15, 0.2) is 54.7 Å². The van der Waals surface area contributed by atoms with Gasteiger partial charge in [0.2, 0.25) is 5.91 Å². The average molecular weight is 395 g/mol. The Labute approximate surface area is 168 Å². The van der Waals surface area contributed by atoms with Gasteiger partial charge in [0.15, 0.2) is 0 Å². The van der Waals surface area contributed by atoms with E-state index < -0.39 is 17.0 Å². The van der Waals surface area contributed by atoms with Gasteiger partial charge in [-0.25, -0.2) is 8.78 Å². The van der Waals surface area contributed by atoms with Gasteiger partial charge in [0.25, 0.3) is 0 Å². The van der Waals surface area contributed by atoms with Crippen molar-refractivity contribution in [2.75, 3.05) is 31.1 Å². The van der Waals surface area contributed by atoms with E-state index in [1.807, 2.05) is 54.0 Å². The van der Waals surface area contributed by atoms with Crippen LogP contribution in [0, 0.1) is 11.6 Å². The summed E-state index contributed by atoms with van der Waals surface area (Å²) in [6, 6.07) is 13.7. The predicted octanol–water partition coefficient (Wildman–Crippen LogP) is 4.14.